The highest BCUT2D eigenvalue weighted by atomic mass is 127. The van der Waals surface area contributed by atoms with Crippen LogP contribution in [0.4, 0.5) is 5.13 Å². The van der Waals surface area contributed by atoms with Crippen LogP contribution in [-0.4, -0.2) is 16.1 Å². The van der Waals surface area contributed by atoms with Crippen LogP contribution in [-0.2, 0) is 0 Å². The Hall–Kier alpha value is -1.02. The van der Waals surface area contributed by atoms with Gasteiger partial charge >= 0.3 is 0 Å². The summed E-state index contributed by atoms with van der Waals surface area (Å²) in [5.41, 5.74) is 2.19. The van der Waals surface area contributed by atoms with Crippen molar-refractivity contribution >= 4 is 45.0 Å². The van der Waals surface area contributed by atoms with E-state index in [0.717, 1.165) is 3.57 Å². The molecule has 1 N–H and O–H groups in total. The highest BCUT2D eigenvalue weighted by molar-refractivity contribution is 14.1. The van der Waals surface area contributed by atoms with E-state index >= 15 is 0 Å². The lowest BCUT2D eigenvalue weighted by Gasteiger charge is -2.00. The van der Waals surface area contributed by atoms with Gasteiger partial charge in [0, 0.05) is 9.13 Å². The minimum Gasteiger partial charge on any atom is -0.296 e. The van der Waals surface area contributed by atoms with Crippen molar-refractivity contribution in [2.45, 2.75) is 0 Å². The number of hydrogen-bond donors (Lipinski definition) is 1. The van der Waals surface area contributed by atoms with Crippen molar-refractivity contribution < 1.29 is 4.79 Å². The summed E-state index contributed by atoms with van der Waals surface area (Å²) in [7, 11) is 0. The maximum atomic E-state index is 11.6. The van der Waals surface area contributed by atoms with Gasteiger partial charge in [-0.05, 0) is 46.9 Å². The SMILES string of the molecule is O=C(Nc1nncs1)c1ccc(I)cc1. The lowest BCUT2D eigenvalue weighted by atomic mass is 10.2. The molecule has 4 nitrogen and oxygen atoms in total. The first-order chi connectivity index (χ1) is 7.25. The second kappa shape index (κ2) is 4.67. The number of aromatic nitrogens is 2. The molecule has 0 saturated carbocycles. The van der Waals surface area contributed by atoms with E-state index in [1.165, 1.54) is 11.3 Å². The number of rotatable bonds is 2. The van der Waals surface area contributed by atoms with Gasteiger partial charge in [0.2, 0.25) is 5.13 Å². The van der Waals surface area contributed by atoms with Gasteiger partial charge in [-0.2, -0.15) is 0 Å². The summed E-state index contributed by atoms with van der Waals surface area (Å²) in [4.78, 5) is 11.6. The van der Waals surface area contributed by atoms with Crippen LogP contribution in [0.15, 0.2) is 29.8 Å². The maximum absolute atomic E-state index is 11.6. The fourth-order valence-electron chi connectivity index (χ4n) is 0.998. The molecule has 1 amide bonds. The van der Waals surface area contributed by atoms with Crippen molar-refractivity contribution in [3.05, 3.63) is 38.9 Å². The molecule has 1 aromatic carbocycles. The first kappa shape index (κ1) is 10.5. The van der Waals surface area contributed by atoms with Gasteiger partial charge in [0.05, 0.1) is 0 Å². The summed E-state index contributed by atoms with van der Waals surface area (Å²) in [6.45, 7) is 0. The first-order valence-corrected chi connectivity index (χ1v) is 6.04. The second-order valence-corrected chi connectivity index (χ2v) is 4.78. The smallest absolute Gasteiger partial charge is 0.257 e. The summed E-state index contributed by atoms with van der Waals surface area (Å²) in [6.07, 6.45) is 0. The Morgan fingerprint density at radius 1 is 1.33 bits per heavy atom. The van der Waals surface area contributed by atoms with Crippen LogP contribution in [0.5, 0.6) is 0 Å². The standard InChI is InChI=1S/C9H6IN3OS/c10-7-3-1-6(2-4-7)8(14)12-9-13-11-5-15-9/h1-5H,(H,12,13,14). The quantitative estimate of drug-likeness (QED) is 0.860. The number of benzene rings is 1. The fraction of sp³-hybridized carbons (Fsp3) is 0. The van der Waals surface area contributed by atoms with Gasteiger partial charge in [0.25, 0.3) is 5.91 Å². The molecule has 0 unspecified atom stereocenters. The third kappa shape index (κ3) is 2.72. The van der Waals surface area contributed by atoms with Gasteiger partial charge in [-0.25, -0.2) is 0 Å². The molecular weight excluding hydrogens is 325 g/mol. The van der Waals surface area contributed by atoms with Crippen molar-refractivity contribution in [3.8, 4) is 0 Å². The summed E-state index contributed by atoms with van der Waals surface area (Å²) in [5.74, 6) is -0.164. The molecule has 0 fully saturated rings. The van der Waals surface area contributed by atoms with Crippen LogP contribution in [0.3, 0.4) is 0 Å². The van der Waals surface area contributed by atoms with E-state index in [2.05, 4.69) is 38.1 Å². The van der Waals surface area contributed by atoms with Gasteiger partial charge in [-0.1, -0.05) is 11.3 Å². The van der Waals surface area contributed by atoms with Crippen LogP contribution < -0.4 is 5.32 Å². The molecule has 2 aromatic rings. The molecule has 0 aliphatic heterocycles. The number of nitrogens with one attached hydrogen (secondary N) is 1. The Kier molecular flexibility index (Phi) is 3.27. The molecule has 0 aliphatic rings. The molecule has 0 aliphatic carbocycles. The molecule has 2 rings (SSSR count). The minimum absolute atomic E-state index is 0.164. The van der Waals surface area contributed by atoms with Gasteiger partial charge in [-0.15, -0.1) is 10.2 Å². The Bertz CT molecular complexity index is 455. The largest absolute Gasteiger partial charge is 0.296 e. The molecule has 76 valence electrons. The monoisotopic (exact) mass is 331 g/mol. The fourth-order valence-corrected chi connectivity index (χ4v) is 1.80. The van der Waals surface area contributed by atoms with Crippen molar-refractivity contribution in [2.75, 3.05) is 5.32 Å². The zero-order chi connectivity index (χ0) is 10.7. The number of anilines is 1. The number of hydrogen-bond acceptors (Lipinski definition) is 4. The van der Waals surface area contributed by atoms with Crippen LogP contribution >= 0.6 is 33.9 Å². The summed E-state index contributed by atoms with van der Waals surface area (Å²) in [5, 5.41) is 10.5. The highest BCUT2D eigenvalue weighted by Crippen LogP contribution is 2.11. The molecule has 6 heteroatoms. The predicted octanol–water partition coefficient (Wildman–Crippen LogP) is 2.40. The van der Waals surface area contributed by atoms with E-state index in [-0.39, 0.29) is 5.91 Å². The average molecular weight is 331 g/mol. The van der Waals surface area contributed by atoms with Crippen molar-refractivity contribution in [1.29, 1.82) is 0 Å². The van der Waals surface area contributed by atoms with E-state index in [9.17, 15) is 4.79 Å². The van der Waals surface area contributed by atoms with Crippen LogP contribution in [0.2, 0.25) is 0 Å². The first-order valence-electron chi connectivity index (χ1n) is 4.09. The maximum Gasteiger partial charge on any atom is 0.257 e. The normalized spacial score (nSPS) is 9.93. The molecular formula is C9H6IN3OS. The van der Waals surface area contributed by atoms with Crippen molar-refractivity contribution in [2.24, 2.45) is 0 Å². The van der Waals surface area contributed by atoms with Crippen molar-refractivity contribution in [3.63, 3.8) is 0 Å². The Labute approximate surface area is 104 Å². The number of amides is 1. The van der Waals surface area contributed by atoms with Crippen LogP contribution in [0.25, 0.3) is 0 Å². The molecule has 0 bridgehead atoms. The van der Waals surface area contributed by atoms with E-state index in [1.54, 1.807) is 17.6 Å². The molecule has 1 heterocycles. The van der Waals surface area contributed by atoms with Crippen molar-refractivity contribution in [1.82, 2.24) is 10.2 Å². The summed E-state index contributed by atoms with van der Waals surface area (Å²) < 4.78 is 1.10. The third-order valence-corrected chi connectivity index (χ3v) is 3.01. The van der Waals surface area contributed by atoms with E-state index < -0.39 is 0 Å². The Balaban J connectivity index is 2.11. The average Bonchev–Trinajstić information content (AvgIpc) is 2.71. The number of carbonyl (C=O) groups is 1. The van der Waals surface area contributed by atoms with Crippen LogP contribution in [0.1, 0.15) is 10.4 Å². The Morgan fingerprint density at radius 3 is 2.67 bits per heavy atom. The third-order valence-electron chi connectivity index (χ3n) is 1.69. The van der Waals surface area contributed by atoms with Gasteiger partial charge in [0.1, 0.15) is 5.51 Å². The molecule has 0 saturated heterocycles. The summed E-state index contributed by atoms with van der Waals surface area (Å²) >= 11 is 3.48. The van der Waals surface area contributed by atoms with Gasteiger partial charge in [0.15, 0.2) is 0 Å². The molecule has 0 spiro atoms. The minimum atomic E-state index is -0.164. The second-order valence-electron chi connectivity index (χ2n) is 2.70. The van der Waals surface area contributed by atoms with E-state index in [0.29, 0.717) is 10.7 Å². The molecule has 0 radical (unpaired) electrons. The lowest BCUT2D eigenvalue weighted by Crippen LogP contribution is -2.11. The highest BCUT2D eigenvalue weighted by Gasteiger charge is 2.06. The number of nitrogens with zero attached hydrogens (tertiary/aromatic N) is 2. The number of halogens is 1. The van der Waals surface area contributed by atoms with Gasteiger partial charge < -0.3 is 0 Å². The lowest BCUT2D eigenvalue weighted by molar-refractivity contribution is 0.102. The topological polar surface area (TPSA) is 54.9 Å². The van der Waals surface area contributed by atoms with E-state index in [1.807, 2.05) is 12.1 Å². The number of carbonyl (C=O) groups excluding carboxylic acids is 1. The molecule has 15 heavy (non-hydrogen) atoms. The van der Waals surface area contributed by atoms with E-state index in [4.69, 9.17) is 0 Å². The Morgan fingerprint density at radius 2 is 2.07 bits per heavy atom. The summed E-state index contributed by atoms with van der Waals surface area (Å²) in [6, 6.07) is 7.32. The zero-order valence-electron chi connectivity index (χ0n) is 7.48. The zero-order valence-corrected chi connectivity index (χ0v) is 10.4. The van der Waals surface area contributed by atoms with Gasteiger partial charge in [-0.3, -0.25) is 10.1 Å². The van der Waals surface area contributed by atoms with Crippen LogP contribution in [0, 0.1) is 3.57 Å². The molecule has 0 atom stereocenters. The molecule has 1 aromatic heterocycles. The predicted molar refractivity (Wildman–Crippen MR) is 67.0 cm³/mol.